The van der Waals surface area contributed by atoms with E-state index in [4.69, 9.17) is 5.11 Å². The molecule has 0 fully saturated rings. The fourth-order valence-electron chi connectivity index (χ4n) is 0.725. The van der Waals surface area contributed by atoms with Crippen molar-refractivity contribution in [2.24, 2.45) is 0 Å². The third kappa shape index (κ3) is 2.45. The topological polar surface area (TPSA) is 60.4 Å². The van der Waals surface area contributed by atoms with Crippen LogP contribution in [0.4, 0.5) is 13.2 Å². The Hall–Kier alpha value is -1.04. The van der Waals surface area contributed by atoms with Gasteiger partial charge in [0.25, 0.3) is 0 Å². The van der Waals surface area contributed by atoms with Crippen LogP contribution in [-0.2, 0) is 4.79 Å². The molecule has 0 saturated carbocycles. The van der Waals surface area contributed by atoms with Gasteiger partial charge in [0.05, 0.1) is 5.97 Å². The number of alkyl halides is 3. The van der Waals surface area contributed by atoms with E-state index in [1.807, 2.05) is 0 Å². The Morgan fingerprint density at radius 2 is 1.92 bits per heavy atom. The molecule has 0 aliphatic heterocycles. The lowest BCUT2D eigenvalue weighted by molar-refractivity contribution is -0.353. The molecule has 0 spiro atoms. The number of carbonyl (C=O) groups excluding carboxylic acids is 1. The second kappa shape index (κ2) is 3.37. The molecule has 0 amide bonds. The molecule has 0 heterocycles. The van der Waals surface area contributed by atoms with Crippen molar-refractivity contribution >= 4 is 5.97 Å². The predicted molar refractivity (Wildman–Crippen MR) is 35.4 cm³/mol. The number of rotatable bonds is 3. The molecule has 0 aromatic rings. The molecule has 0 aromatic carbocycles. The van der Waals surface area contributed by atoms with Crippen LogP contribution in [-0.4, -0.2) is 22.9 Å². The Bertz CT molecular complexity index is 234. The molecule has 0 aliphatic rings. The minimum absolute atomic E-state index is 0.0935. The van der Waals surface area contributed by atoms with Gasteiger partial charge in [0.2, 0.25) is 5.60 Å². The number of hydrogen-bond acceptors (Lipinski definition) is 3. The maximum Gasteiger partial charge on any atom is 0.422 e. The van der Waals surface area contributed by atoms with E-state index in [0.717, 1.165) is 0 Å². The van der Waals surface area contributed by atoms with Gasteiger partial charge >= 0.3 is 6.18 Å². The largest absolute Gasteiger partial charge is 0.547 e. The van der Waals surface area contributed by atoms with E-state index in [9.17, 15) is 23.1 Å². The number of carboxylic acid groups (broad SMARTS) is 1. The zero-order valence-electron chi connectivity index (χ0n) is 6.81. The van der Waals surface area contributed by atoms with Gasteiger partial charge in [0.1, 0.15) is 0 Å². The van der Waals surface area contributed by atoms with Gasteiger partial charge in [0.15, 0.2) is 0 Å². The molecule has 3 nitrogen and oxygen atoms in total. The molecule has 0 saturated heterocycles. The highest BCUT2D eigenvalue weighted by Gasteiger charge is 2.54. The summed E-state index contributed by atoms with van der Waals surface area (Å²) in [6.07, 6.45) is -6.36. The Labute approximate surface area is 72.5 Å². The SMILES string of the molecule is C=C(C)CC(O)(C(=O)[O-])C(F)(F)F. The summed E-state index contributed by atoms with van der Waals surface area (Å²) >= 11 is 0. The first-order chi connectivity index (χ1) is 5.61. The van der Waals surface area contributed by atoms with E-state index in [0.29, 0.717) is 0 Å². The van der Waals surface area contributed by atoms with Crippen LogP contribution in [0.2, 0.25) is 0 Å². The number of hydrogen-bond donors (Lipinski definition) is 1. The minimum Gasteiger partial charge on any atom is -0.547 e. The first-order valence-corrected chi connectivity index (χ1v) is 3.26. The molecule has 1 atom stereocenters. The maximum atomic E-state index is 12.0. The average molecular weight is 197 g/mol. The van der Waals surface area contributed by atoms with Crippen molar-refractivity contribution in [3.63, 3.8) is 0 Å². The molecule has 1 N–H and O–H groups in total. The summed E-state index contributed by atoms with van der Waals surface area (Å²) in [5, 5.41) is 18.8. The number of halogens is 3. The number of carbonyl (C=O) groups is 1. The fraction of sp³-hybridized carbons (Fsp3) is 0.571. The van der Waals surface area contributed by atoms with Crippen LogP contribution in [0.5, 0.6) is 0 Å². The van der Waals surface area contributed by atoms with Crippen molar-refractivity contribution in [3.05, 3.63) is 12.2 Å². The monoisotopic (exact) mass is 197 g/mol. The number of aliphatic hydroxyl groups is 1. The van der Waals surface area contributed by atoms with E-state index < -0.39 is 24.2 Å². The van der Waals surface area contributed by atoms with Crippen LogP contribution in [0.25, 0.3) is 0 Å². The van der Waals surface area contributed by atoms with Crippen LogP contribution in [0, 0.1) is 0 Å². The molecule has 0 radical (unpaired) electrons. The lowest BCUT2D eigenvalue weighted by atomic mass is 9.95. The second-order valence-corrected chi connectivity index (χ2v) is 2.78. The van der Waals surface area contributed by atoms with Crippen LogP contribution in [0.15, 0.2) is 12.2 Å². The van der Waals surface area contributed by atoms with Crippen molar-refractivity contribution < 1.29 is 28.2 Å². The highest BCUT2D eigenvalue weighted by molar-refractivity contribution is 5.76. The van der Waals surface area contributed by atoms with Crippen molar-refractivity contribution in [2.75, 3.05) is 0 Å². The molecule has 13 heavy (non-hydrogen) atoms. The Kier molecular flexibility index (Phi) is 3.10. The first kappa shape index (κ1) is 12.0. The average Bonchev–Trinajstić information content (AvgIpc) is 1.82. The Morgan fingerprint density at radius 3 is 2.00 bits per heavy atom. The standard InChI is InChI=1S/C7H9F3O3/c1-4(2)3-6(13,5(11)12)7(8,9)10/h13H,1,3H2,2H3,(H,11,12)/p-1. The molecular formula is C7H8F3O3-. The number of carboxylic acids is 1. The van der Waals surface area contributed by atoms with E-state index in [1.165, 1.54) is 6.92 Å². The molecule has 6 heteroatoms. The van der Waals surface area contributed by atoms with Gasteiger partial charge in [-0.1, -0.05) is 5.57 Å². The summed E-state index contributed by atoms with van der Waals surface area (Å²) in [4.78, 5) is 10.1. The quantitative estimate of drug-likeness (QED) is 0.647. The van der Waals surface area contributed by atoms with Crippen molar-refractivity contribution in [2.45, 2.75) is 25.1 Å². The molecular weight excluding hydrogens is 189 g/mol. The lowest BCUT2D eigenvalue weighted by Gasteiger charge is -2.31. The fourth-order valence-corrected chi connectivity index (χ4v) is 0.725. The molecule has 0 rings (SSSR count). The van der Waals surface area contributed by atoms with Crippen LogP contribution >= 0.6 is 0 Å². The van der Waals surface area contributed by atoms with Gasteiger partial charge in [-0.25, -0.2) is 0 Å². The third-order valence-corrected chi connectivity index (χ3v) is 1.36. The second-order valence-electron chi connectivity index (χ2n) is 2.78. The van der Waals surface area contributed by atoms with Gasteiger partial charge in [-0.15, -0.1) is 6.58 Å². The molecule has 0 bridgehead atoms. The summed E-state index contributed by atoms with van der Waals surface area (Å²) in [5.74, 6) is -2.57. The number of aliphatic carboxylic acids is 1. The third-order valence-electron chi connectivity index (χ3n) is 1.36. The van der Waals surface area contributed by atoms with E-state index in [-0.39, 0.29) is 5.57 Å². The van der Waals surface area contributed by atoms with Gasteiger partial charge in [-0.2, -0.15) is 13.2 Å². The van der Waals surface area contributed by atoms with Crippen LogP contribution in [0.1, 0.15) is 13.3 Å². The predicted octanol–water partition coefficient (Wildman–Crippen LogP) is -0.00410. The Balaban J connectivity index is 4.96. The zero-order valence-corrected chi connectivity index (χ0v) is 6.81. The van der Waals surface area contributed by atoms with Crippen molar-refractivity contribution in [1.29, 1.82) is 0 Å². The van der Waals surface area contributed by atoms with Crippen molar-refractivity contribution in [3.8, 4) is 0 Å². The van der Waals surface area contributed by atoms with Gasteiger partial charge < -0.3 is 15.0 Å². The molecule has 76 valence electrons. The molecule has 0 aromatic heterocycles. The van der Waals surface area contributed by atoms with E-state index in [1.54, 1.807) is 0 Å². The first-order valence-electron chi connectivity index (χ1n) is 3.26. The summed E-state index contributed by atoms with van der Waals surface area (Å²) in [6, 6.07) is 0. The van der Waals surface area contributed by atoms with Crippen LogP contribution in [0.3, 0.4) is 0 Å². The van der Waals surface area contributed by atoms with Gasteiger partial charge in [-0.05, 0) is 6.92 Å². The van der Waals surface area contributed by atoms with Crippen molar-refractivity contribution in [1.82, 2.24) is 0 Å². The maximum absolute atomic E-state index is 12.0. The summed E-state index contributed by atoms with van der Waals surface area (Å²) in [6.45, 7) is 4.27. The zero-order chi connectivity index (χ0) is 10.9. The highest BCUT2D eigenvalue weighted by Crippen LogP contribution is 2.34. The summed E-state index contributed by atoms with van der Waals surface area (Å²) < 4.78 is 36.0. The highest BCUT2D eigenvalue weighted by atomic mass is 19.4. The van der Waals surface area contributed by atoms with Crippen LogP contribution < -0.4 is 5.11 Å². The Morgan fingerprint density at radius 1 is 1.54 bits per heavy atom. The molecule has 1 unspecified atom stereocenters. The lowest BCUT2D eigenvalue weighted by Crippen LogP contribution is -2.58. The summed E-state index contributed by atoms with van der Waals surface area (Å²) in [5.41, 5.74) is -3.93. The normalized spacial score (nSPS) is 16.4. The smallest absolute Gasteiger partial charge is 0.422 e. The van der Waals surface area contributed by atoms with Gasteiger partial charge in [0, 0.05) is 6.42 Å². The van der Waals surface area contributed by atoms with Gasteiger partial charge in [-0.3, -0.25) is 0 Å². The van der Waals surface area contributed by atoms with E-state index in [2.05, 4.69) is 6.58 Å². The molecule has 0 aliphatic carbocycles. The minimum atomic E-state index is -5.26. The van der Waals surface area contributed by atoms with E-state index >= 15 is 0 Å². The summed E-state index contributed by atoms with van der Waals surface area (Å²) in [7, 11) is 0.